The Morgan fingerprint density at radius 2 is 2.14 bits per heavy atom. The van der Waals surface area contributed by atoms with Gasteiger partial charge in [-0.25, -0.2) is 4.68 Å². The second kappa shape index (κ2) is 5.30. The first-order valence-electron chi connectivity index (χ1n) is 7.32. The molecule has 6 heteroatoms. The molecular formula is C15H20ClN5. The standard InChI is InChI=1S/C15H20ClN5/c1-15(2)8-4-3-5-13(15)21-14(18-19-20-21)10-6-7-11(16)12(17)9-10/h6-7,9,13H,3-5,8,17H2,1-2H3. The van der Waals surface area contributed by atoms with E-state index >= 15 is 0 Å². The molecule has 1 aliphatic carbocycles. The predicted molar refractivity (Wildman–Crippen MR) is 84.0 cm³/mol. The summed E-state index contributed by atoms with van der Waals surface area (Å²) >= 11 is 5.99. The van der Waals surface area contributed by atoms with Crippen LogP contribution in [0.2, 0.25) is 5.02 Å². The lowest BCUT2D eigenvalue weighted by atomic mass is 9.73. The number of benzene rings is 1. The average molecular weight is 306 g/mol. The minimum absolute atomic E-state index is 0.195. The maximum absolute atomic E-state index is 5.99. The first-order valence-corrected chi connectivity index (χ1v) is 7.70. The predicted octanol–water partition coefficient (Wildman–Crippen LogP) is 3.72. The van der Waals surface area contributed by atoms with Crippen LogP contribution < -0.4 is 5.73 Å². The molecule has 1 fully saturated rings. The fourth-order valence-corrected chi connectivity index (χ4v) is 3.32. The van der Waals surface area contributed by atoms with Crippen molar-refractivity contribution in [1.29, 1.82) is 0 Å². The highest BCUT2D eigenvalue weighted by Crippen LogP contribution is 2.44. The zero-order valence-corrected chi connectivity index (χ0v) is 13.1. The number of hydrogen-bond acceptors (Lipinski definition) is 4. The van der Waals surface area contributed by atoms with Crippen LogP contribution in [0.5, 0.6) is 0 Å². The number of halogens is 1. The van der Waals surface area contributed by atoms with Crippen molar-refractivity contribution in [1.82, 2.24) is 20.2 Å². The summed E-state index contributed by atoms with van der Waals surface area (Å²) in [7, 11) is 0. The maximum Gasteiger partial charge on any atom is 0.182 e. The number of nitrogen functional groups attached to an aromatic ring is 1. The van der Waals surface area contributed by atoms with Crippen molar-refractivity contribution in [3.05, 3.63) is 23.2 Å². The summed E-state index contributed by atoms with van der Waals surface area (Å²) in [5.74, 6) is 0.762. The van der Waals surface area contributed by atoms with Gasteiger partial charge in [0.05, 0.1) is 16.8 Å². The summed E-state index contributed by atoms with van der Waals surface area (Å²) in [5, 5.41) is 12.9. The summed E-state index contributed by atoms with van der Waals surface area (Å²) in [5.41, 5.74) is 7.55. The fourth-order valence-electron chi connectivity index (χ4n) is 3.21. The van der Waals surface area contributed by atoms with Crippen LogP contribution in [-0.2, 0) is 0 Å². The molecule has 21 heavy (non-hydrogen) atoms. The maximum atomic E-state index is 5.99. The SMILES string of the molecule is CC1(C)CCCCC1n1nnnc1-c1ccc(Cl)c(N)c1. The number of rotatable bonds is 2. The highest BCUT2D eigenvalue weighted by atomic mass is 35.5. The van der Waals surface area contributed by atoms with Crippen molar-refractivity contribution >= 4 is 17.3 Å². The number of nitrogens with two attached hydrogens (primary N) is 1. The monoisotopic (exact) mass is 305 g/mol. The first-order chi connectivity index (χ1) is 9.99. The minimum Gasteiger partial charge on any atom is -0.398 e. The van der Waals surface area contributed by atoms with Gasteiger partial charge in [-0.2, -0.15) is 0 Å². The van der Waals surface area contributed by atoms with Gasteiger partial charge < -0.3 is 5.73 Å². The molecule has 1 heterocycles. The molecule has 0 radical (unpaired) electrons. The van der Waals surface area contributed by atoms with Crippen molar-refractivity contribution in [3.8, 4) is 11.4 Å². The Bertz CT molecular complexity index is 649. The van der Waals surface area contributed by atoms with Gasteiger partial charge in [-0.3, -0.25) is 0 Å². The second-order valence-electron chi connectivity index (χ2n) is 6.43. The second-order valence-corrected chi connectivity index (χ2v) is 6.84. The number of anilines is 1. The summed E-state index contributed by atoms with van der Waals surface area (Å²) < 4.78 is 1.96. The van der Waals surface area contributed by atoms with E-state index in [0.717, 1.165) is 17.8 Å². The Balaban J connectivity index is 2.02. The van der Waals surface area contributed by atoms with E-state index in [0.29, 0.717) is 16.8 Å². The van der Waals surface area contributed by atoms with E-state index in [1.54, 1.807) is 6.07 Å². The Morgan fingerprint density at radius 3 is 2.86 bits per heavy atom. The first kappa shape index (κ1) is 14.3. The molecule has 0 aliphatic heterocycles. The number of nitrogens with zero attached hydrogens (tertiary/aromatic N) is 4. The number of aromatic nitrogens is 4. The van der Waals surface area contributed by atoms with Gasteiger partial charge in [0.2, 0.25) is 0 Å². The highest BCUT2D eigenvalue weighted by molar-refractivity contribution is 6.33. The van der Waals surface area contributed by atoms with Crippen molar-refractivity contribution in [3.63, 3.8) is 0 Å². The lowest BCUT2D eigenvalue weighted by molar-refractivity contribution is 0.132. The van der Waals surface area contributed by atoms with Crippen LogP contribution in [0.15, 0.2) is 18.2 Å². The van der Waals surface area contributed by atoms with Crippen LogP contribution in [-0.4, -0.2) is 20.2 Å². The summed E-state index contributed by atoms with van der Waals surface area (Å²) in [6.07, 6.45) is 4.79. The van der Waals surface area contributed by atoms with E-state index < -0.39 is 0 Å². The molecule has 112 valence electrons. The van der Waals surface area contributed by atoms with Gasteiger partial charge in [0, 0.05) is 5.56 Å². The van der Waals surface area contributed by atoms with E-state index in [2.05, 4.69) is 29.4 Å². The third-order valence-corrected chi connectivity index (χ3v) is 4.84. The summed E-state index contributed by atoms with van der Waals surface area (Å²) in [6.45, 7) is 4.58. The van der Waals surface area contributed by atoms with Crippen LogP contribution in [0.1, 0.15) is 45.6 Å². The Hall–Kier alpha value is -1.62. The Kier molecular flexibility index (Phi) is 3.61. The Morgan fingerprint density at radius 1 is 1.33 bits per heavy atom. The molecule has 0 bridgehead atoms. The largest absolute Gasteiger partial charge is 0.398 e. The van der Waals surface area contributed by atoms with Crippen LogP contribution in [0, 0.1) is 5.41 Å². The molecule has 1 aromatic carbocycles. The molecule has 5 nitrogen and oxygen atoms in total. The van der Waals surface area contributed by atoms with Crippen molar-refractivity contribution in [2.75, 3.05) is 5.73 Å². The summed E-state index contributed by atoms with van der Waals surface area (Å²) in [4.78, 5) is 0. The molecule has 1 aromatic heterocycles. The third kappa shape index (κ3) is 2.62. The van der Waals surface area contributed by atoms with Crippen LogP contribution in [0.3, 0.4) is 0 Å². The van der Waals surface area contributed by atoms with Crippen LogP contribution in [0.4, 0.5) is 5.69 Å². The van der Waals surface area contributed by atoms with E-state index in [4.69, 9.17) is 17.3 Å². The number of tetrazole rings is 1. The normalized spacial score (nSPS) is 21.4. The van der Waals surface area contributed by atoms with Gasteiger partial charge in [0.25, 0.3) is 0 Å². The molecule has 1 saturated carbocycles. The lowest BCUT2D eigenvalue weighted by Crippen LogP contribution is -2.31. The van der Waals surface area contributed by atoms with E-state index in [9.17, 15) is 0 Å². The topological polar surface area (TPSA) is 69.6 Å². The van der Waals surface area contributed by atoms with Gasteiger partial charge in [0.1, 0.15) is 0 Å². The van der Waals surface area contributed by atoms with E-state index in [-0.39, 0.29) is 5.41 Å². The number of hydrogen-bond donors (Lipinski definition) is 1. The molecule has 1 unspecified atom stereocenters. The van der Waals surface area contributed by atoms with Gasteiger partial charge in [-0.1, -0.05) is 38.3 Å². The summed E-state index contributed by atoms with van der Waals surface area (Å²) in [6, 6.07) is 5.85. The van der Waals surface area contributed by atoms with Crippen LogP contribution in [0.25, 0.3) is 11.4 Å². The average Bonchev–Trinajstić information content (AvgIpc) is 2.90. The van der Waals surface area contributed by atoms with Gasteiger partial charge >= 0.3 is 0 Å². The highest BCUT2D eigenvalue weighted by Gasteiger charge is 2.35. The zero-order chi connectivity index (χ0) is 15.0. The smallest absolute Gasteiger partial charge is 0.182 e. The molecule has 2 aromatic rings. The molecule has 0 amide bonds. The fraction of sp³-hybridized carbons (Fsp3) is 0.533. The molecule has 0 saturated heterocycles. The molecule has 2 N–H and O–H groups in total. The molecule has 1 aliphatic rings. The third-order valence-electron chi connectivity index (χ3n) is 4.49. The van der Waals surface area contributed by atoms with Gasteiger partial charge in [0.15, 0.2) is 5.82 Å². The lowest BCUT2D eigenvalue weighted by Gasteiger charge is -2.38. The van der Waals surface area contributed by atoms with Crippen molar-refractivity contribution < 1.29 is 0 Å². The van der Waals surface area contributed by atoms with E-state index in [1.807, 2.05) is 16.8 Å². The molecule has 1 atom stereocenters. The molecular weight excluding hydrogens is 286 g/mol. The van der Waals surface area contributed by atoms with Gasteiger partial charge in [-0.15, -0.1) is 5.10 Å². The van der Waals surface area contributed by atoms with Gasteiger partial charge in [-0.05, 0) is 46.9 Å². The van der Waals surface area contributed by atoms with Crippen molar-refractivity contribution in [2.45, 2.75) is 45.6 Å². The quantitative estimate of drug-likeness (QED) is 0.859. The zero-order valence-electron chi connectivity index (χ0n) is 12.4. The molecule has 3 rings (SSSR count). The minimum atomic E-state index is 0.195. The Labute approximate surface area is 129 Å². The molecule has 0 spiro atoms. The van der Waals surface area contributed by atoms with E-state index in [1.165, 1.54) is 19.3 Å². The van der Waals surface area contributed by atoms with Crippen molar-refractivity contribution in [2.24, 2.45) is 5.41 Å². The van der Waals surface area contributed by atoms with Crippen LogP contribution >= 0.6 is 11.6 Å².